The zero-order valence-electron chi connectivity index (χ0n) is 19.9. The van der Waals surface area contributed by atoms with Gasteiger partial charge < -0.3 is 24.8 Å². The second-order valence-electron chi connectivity index (χ2n) is 8.65. The number of hydrogen-bond acceptors (Lipinski definition) is 7. The van der Waals surface area contributed by atoms with Gasteiger partial charge in [0.05, 0.1) is 36.2 Å². The lowest BCUT2D eigenvalue weighted by molar-refractivity contribution is -0.384. The Kier molecular flexibility index (Phi) is 9.55. The lowest BCUT2D eigenvalue weighted by Crippen LogP contribution is -2.32. The Hall–Kier alpha value is -3.92. The maximum Gasteiger partial charge on any atom is 0.408 e. The highest BCUT2D eigenvalue weighted by atomic mass is 16.6. The van der Waals surface area contributed by atoms with E-state index >= 15 is 0 Å². The zero-order valence-corrected chi connectivity index (χ0v) is 19.9. The molecule has 10 heteroatoms. The van der Waals surface area contributed by atoms with Crippen LogP contribution in [0.4, 0.5) is 15.3 Å². The minimum Gasteiger partial charge on any atom is -0.494 e. The van der Waals surface area contributed by atoms with Crippen LogP contribution in [0.5, 0.6) is 5.75 Å². The average molecular weight is 459 g/mol. The normalized spacial score (nSPS) is 10.5. The maximum absolute atomic E-state index is 11.7. The van der Waals surface area contributed by atoms with Crippen LogP contribution in [0.1, 0.15) is 52.7 Å². The summed E-state index contributed by atoms with van der Waals surface area (Å²) in [6.45, 7) is 10.3. The van der Waals surface area contributed by atoms with Gasteiger partial charge in [0.25, 0.3) is 5.69 Å². The standard InChI is InChI=1S/C23H29N3O7/c1-22(2,3)32-20(27)24-12-8-10-16-14-18(26(29)30)15-17(19(16)31-7)11-9-13-25-21(28)33-23(4,5)6/h14-15H,12-13H2,1-7H3,(H,24,27)(H,25,28). The van der Waals surface area contributed by atoms with Crippen molar-refractivity contribution in [3.63, 3.8) is 0 Å². The van der Waals surface area contributed by atoms with Crippen molar-refractivity contribution >= 4 is 17.9 Å². The summed E-state index contributed by atoms with van der Waals surface area (Å²) in [5, 5.41) is 16.3. The van der Waals surface area contributed by atoms with Crippen molar-refractivity contribution in [3.8, 4) is 29.4 Å². The number of alkyl carbamates (subject to hydrolysis) is 2. The van der Waals surface area contributed by atoms with Crippen LogP contribution in [-0.2, 0) is 9.47 Å². The molecule has 33 heavy (non-hydrogen) atoms. The molecule has 0 radical (unpaired) electrons. The molecule has 0 saturated heterocycles. The summed E-state index contributed by atoms with van der Waals surface area (Å²) in [6, 6.07) is 2.51. The van der Waals surface area contributed by atoms with Crippen molar-refractivity contribution in [3.05, 3.63) is 33.4 Å². The third-order valence-electron chi connectivity index (χ3n) is 3.37. The molecule has 2 N–H and O–H groups in total. The summed E-state index contributed by atoms with van der Waals surface area (Å²) in [6.07, 6.45) is -1.27. The van der Waals surface area contributed by atoms with Crippen molar-refractivity contribution in [2.45, 2.75) is 52.7 Å². The molecule has 1 rings (SSSR count). The molecule has 0 aliphatic heterocycles. The van der Waals surface area contributed by atoms with Crippen LogP contribution in [0.3, 0.4) is 0 Å². The zero-order chi connectivity index (χ0) is 25.2. The Balaban J connectivity index is 3.03. The van der Waals surface area contributed by atoms with Gasteiger partial charge in [-0.1, -0.05) is 23.7 Å². The van der Waals surface area contributed by atoms with E-state index in [1.165, 1.54) is 19.2 Å². The molecule has 2 amide bonds. The Morgan fingerprint density at radius 3 is 1.61 bits per heavy atom. The van der Waals surface area contributed by atoms with Crippen LogP contribution in [0.25, 0.3) is 0 Å². The lowest BCUT2D eigenvalue weighted by atomic mass is 10.1. The smallest absolute Gasteiger partial charge is 0.408 e. The highest BCUT2D eigenvalue weighted by molar-refractivity contribution is 5.69. The molecule has 0 aromatic heterocycles. The van der Waals surface area contributed by atoms with Gasteiger partial charge in [-0.2, -0.15) is 0 Å². The molecule has 0 saturated carbocycles. The number of non-ortho nitro benzene ring substituents is 1. The third kappa shape index (κ3) is 10.8. The minimum atomic E-state index is -0.646. The number of benzene rings is 1. The van der Waals surface area contributed by atoms with Crippen LogP contribution in [-0.4, -0.2) is 48.5 Å². The van der Waals surface area contributed by atoms with Gasteiger partial charge in [-0.3, -0.25) is 10.1 Å². The summed E-state index contributed by atoms with van der Waals surface area (Å²) in [7, 11) is 1.38. The van der Waals surface area contributed by atoms with Crippen LogP contribution in [0.15, 0.2) is 12.1 Å². The first kappa shape index (κ1) is 27.1. The summed E-state index contributed by atoms with van der Waals surface area (Å²) < 4.78 is 15.6. The molecule has 0 unspecified atom stereocenters. The summed E-state index contributed by atoms with van der Waals surface area (Å²) in [5.74, 6) is 11.1. The van der Waals surface area contributed by atoms with E-state index in [2.05, 4.69) is 34.3 Å². The number of rotatable bonds is 4. The Bertz CT molecular complexity index is 942. The number of carbonyl (C=O) groups is 2. The number of nitro benzene ring substituents is 1. The first-order chi connectivity index (χ1) is 15.2. The average Bonchev–Trinajstić information content (AvgIpc) is 2.65. The fraction of sp³-hybridized carbons (Fsp3) is 0.478. The highest BCUT2D eigenvalue weighted by Gasteiger charge is 2.17. The molecule has 10 nitrogen and oxygen atoms in total. The Labute approximate surface area is 193 Å². The van der Waals surface area contributed by atoms with Crippen LogP contribution < -0.4 is 15.4 Å². The van der Waals surface area contributed by atoms with Gasteiger partial charge in [0.1, 0.15) is 11.2 Å². The fourth-order valence-corrected chi connectivity index (χ4v) is 2.26. The molecule has 0 heterocycles. The molecule has 178 valence electrons. The SMILES string of the molecule is COc1c(C#CCNC(=O)OC(C)(C)C)cc([N+](=O)[O-])cc1C#CCNC(=O)OC(C)(C)C. The number of nitro groups is 1. The van der Waals surface area contributed by atoms with E-state index in [-0.39, 0.29) is 35.7 Å². The van der Waals surface area contributed by atoms with Crippen molar-refractivity contribution in [2.24, 2.45) is 0 Å². The predicted octanol–water partition coefficient (Wildman–Crippen LogP) is 3.36. The molecule has 0 spiro atoms. The van der Waals surface area contributed by atoms with Gasteiger partial charge in [-0.15, -0.1) is 0 Å². The lowest BCUT2D eigenvalue weighted by Gasteiger charge is -2.19. The molecule has 1 aromatic rings. The van der Waals surface area contributed by atoms with Crippen molar-refractivity contribution in [1.82, 2.24) is 10.6 Å². The second kappa shape index (κ2) is 11.6. The first-order valence-corrected chi connectivity index (χ1v) is 9.99. The fourth-order valence-electron chi connectivity index (χ4n) is 2.26. The molecule has 0 bridgehead atoms. The number of carbonyl (C=O) groups excluding carboxylic acids is 2. The molecule has 0 fully saturated rings. The largest absolute Gasteiger partial charge is 0.494 e. The van der Waals surface area contributed by atoms with Crippen LogP contribution in [0, 0.1) is 33.8 Å². The topological polar surface area (TPSA) is 129 Å². The van der Waals surface area contributed by atoms with E-state index in [4.69, 9.17) is 14.2 Å². The van der Waals surface area contributed by atoms with Gasteiger partial charge in [0, 0.05) is 12.1 Å². The number of methoxy groups -OCH3 is 1. The Morgan fingerprint density at radius 1 is 0.909 bits per heavy atom. The van der Waals surface area contributed by atoms with Crippen molar-refractivity contribution < 1.29 is 28.7 Å². The van der Waals surface area contributed by atoms with Gasteiger partial charge >= 0.3 is 12.2 Å². The molecule has 0 atom stereocenters. The maximum atomic E-state index is 11.7. The number of amides is 2. The predicted molar refractivity (Wildman–Crippen MR) is 122 cm³/mol. The first-order valence-electron chi connectivity index (χ1n) is 9.99. The number of hydrogen-bond donors (Lipinski definition) is 2. The van der Waals surface area contributed by atoms with Gasteiger partial charge in [0.15, 0.2) is 5.75 Å². The molecule has 1 aromatic carbocycles. The molecule has 0 aliphatic rings. The quantitative estimate of drug-likeness (QED) is 0.401. The summed E-state index contributed by atoms with van der Waals surface area (Å²) >= 11 is 0. The number of nitrogens with zero attached hydrogens (tertiary/aromatic N) is 1. The van der Waals surface area contributed by atoms with Gasteiger partial charge in [-0.05, 0) is 41.5 Å². The summed E-state index contributed by atoms with van der Waals surface area (Å²) in [4.78, 5) is 34.1. The second-order valence-corrected chi connectivity index (χ2v) is 8.65. The Morgan fingerprint density at radius 2 is 1.30 bits per heavy atom. The van der Waals surface area contributed by atoms with E-state index in [1.807, 2.05) is 0 Å². The van der Waals surface area contributed by atoms with Gasteiger partial charge in [-0.25, -0.2) is 9.59 Å². The van der Waals surface area contributed by atoms with Crippen molar-refractivity contribution in [2.75, 3.05) is 20.2 Å². The minimum absolute atomic E-state index is 0.0401. The van der Waals surface area contributed by atoms with E-state index in [1.54, 1.807) is 41.5 Å². The van der Waals surface area contributed by atoms with Crippen LogP contribution in [0.2, 0.25) is 0 Å². The van der Waals surface area contributed by atoms with E-state index in [0.717, 1.165) is 0 Å². The van der Waals surface area contributed by atoms with Gasteiger partial charge in [0.2, 0.25) is 0 Å². The van der Waals surface area contributed by atoms with E-state index in [0.29, 0.717) is 0 Å². The molecular formula is C23H29N3O7. The summed E-state index contributed by atoms with van der Waals surface area (Å²) in [5.41, 5.74) is -1.08. The molecular weight excluding hydrogens is 430 g/mol. The highest BCUT2D eigenvalue weighted by Crippen LogP contribution is 2.28. The number of nitrogens with one attached hydrogen (secondary N) is 2. The molecule has 0 aliphatic carbocycles. The van der Waals surface area contributed by atoms with Crippen molar-refractivity contribution in [1.29, 1.82) is 0 Å². The number of ether oxygens (including phenoxy) is 3. The third-order valence-corrected chi connectivity index (χ3v) is 3.37. The van der Waals surface area contributed by atoms with E-state index < -0.39 is 28.3 Å². The monoisotopic (exact) mass is 459 g/mol. The van der Waals surface area contributed by atoms with Crippen LogP contribution >= 0.6 is 0 Å². The van der Waals surface area contributed by atoms with E-state index in [9.17, 15) is 19.7 Å².